The number of hydrogen-bond donors (Lipinski definition) is 1. The minimum atomic E-state index is -2.07. The van der Waals surface area contributed by atoms with Crippen molar-refractivity contribution in [3.05, 3.63) is 0 Å². The zero-order chi connectivity index (χ0) is 9.78. The zero-order valence-electron chi connectivity index (χ0n) is 8.76. The van der Waals surface area contributed by atoms with E-state index in [1.807, 2.05) is 34.2 Å². The van der Waals surface area contributed by atoms with Crippen molar-refractivity contribution in [2.45, 2.75) is 46.4 Å². The molecule has 0 aromatic carbocycles. The second-order valence-corrected chi connectivity index (χ2v) is 6.82. The van der Waals surface area contributed by atoms with Crippen LogP contribution >= 0.6 is 0 Å². The van der Waals surface area contributed by atoms with E-state index in [1.54, 1.807) is 0 Å². The Labute approximate surface area is 76.5 Å². The molecule has 0 aromatic heterocycles. The topological polar surface area (TPSA) is 44.5 Å². The van der Waals surface area contributed by atoms with Gasteiger partial charge in [0.25, 0.3) is 0 Å². The molecule has 0 amide bonds. The Morgan fingerprint density at radius 2 is 1.42 bits per heavy atom. The molecule has 0 aliphatic rings. The van der Waals surface area contributed by atoms with Crippen LogP contribution in [-0.4, -0.2) is 26.9 Å². The van der Waals surface area contributed by atoms with E-state index in [0.29, 0.717) is 6.17 Å². The lowest BCUT2D eigenvalue weighted by molar-refractivity contribution is 0.110. The van der Waals surface area contributed by atoms with Crippen LogP contribution in [0.1, 0.15) is 27.7 Å². The van der Waals surface area contributed by atoms with Crippen molar-refractivity contribution in [1.29, 1.82) is 0 Å². The third kappa shape index (κ3) is 4.87. The van der Waals surface area contributed by atoms with Crippen molar-refractivity contribution in [2.75, 3.05) is 6.17 Å². The van der Waals surface area contributed by atoms with E-state index in [9.17, 15) is 0 Å². The summed E-state index contributed by atoms with van der Waals surface area (Å²) in [6.07, 6.45) is 0.913. The first-order chi connectivity index (χ1) is 5.39. The average Bonchev–Trinajstić information content (AvgIpc) is 1.83. The molecule has 0 aliphatic heterocycles. The lowest BCUT2D eigenvalue weighted by Crippen LogP contribution is -2.49. The highest BCUT2D eigenvalue weighted by Gasteiger charge is 2.31. The van der Waals surface area contributed by atoms with Crippen molar-refractivity contribution in [3.63, 3.8) is 0 Å². The summed E-state index contributed by atoms with van der Waals surface area (Å²) in [5.74, 6) is 0. The minimum absolute atomic E-state index is 0.198. The maximum absolute atomic E-state index is 5.69. The van der Waals surface area contributed by atoms with Gasteiger partial charge in [-0.2, -0.15) is 0 Å². The van der Waals surface area contributed by atoms with Crippen LogP contribution in [0.5, 0.6) is 0 Å². The van der Waals surface area contributed by atoms with Gasteiger partial charge in [-0.1, -0.05) is 0 Å². The smallest absolute Gasteiger partial charge is 0.349 e. The number of hydrogen-bond acceptors (Lipinski definition) is 3. The summed E-state index contributed by atoms with van der Waals surface area (Å²) in [6, 6.07) is 0. The van der Waals surface area contributed by atoms with Crippen LogP contribution in [0.3, 0.4) is 0 Å². The van der Waals surface area contributed by atoms with Crippen LogP contribution in [0.15, 0.2) is 0 Å². The van der Waals surface area contributed by atoms with Gasteiger partial charge < -0.3 is 14.6 Å². The molecule has 2 N–H and O–H groups in total. The van der Waals surface area contributed by atoms with Crippen LogP contribution in [0, 0.1) is 0 Å². The fourth-order valence-corrected chi connectivity index (χ4v) is 3.36. The van der Waals surface area contributed by atoms with Crippen molar-refractivity contribution in [1.82, 2.24) is 0 Å². The van der Waals surface area contributed by atoms with E-state index in [-0.39, 0.29) is 12.2 Å². The van der Waals surface area contributed by atoms with Crippen LogP contribution in [0.4, 0.5) is 0 Å². The van der Waals surface area contributed by atoms with Crippen LogP contribution < -0.4 is 5.73 Å². The summed E-state index contributed by atoms with van der Waals surface area (Å²) in [5.41, 5.74) is 5.62. The third-order valence-electron chi connectivity index (χ3n) is 1.34. The van der Waals surface area contributed by atoms with Gasteiger partial charge >= 0.3 is 8.56 Å². The fraction of sp³-hybridized carbons (Fsp3) is 1.00. The average molecular weight is 191 g/mol. The molecule has 3 nitrogen and oxygen atoms in total. The van der Waals surface area contributed by atoms with Gasteiger partial charge in [0, 0.05) is 18.4 Å². The molecule has 0 spiro atoms. The Hall–Kier alpha value is 0.0969. The highest BCUT2D eigenvalue weighted by atomic mass is 28.4. The van der Waals surface area contributed by atoms with E-state index >= 15 is 0 Å². The normalized spacial score (nSPS) is 13.0. The van der Waals surface area contributed by atoms with Gasteiger partial charge in [-0.05, 0) is 34.2 Å². The molecule has 0 saturated heterocycles. The first-order valence-corrected chi connectivity index (χ1v) is 6.97. The summed E-state index contributed by atoms with van der Waals surface area (Å²) in [5, 5.41) is 0. The fourth-order valence-electron chi connectivity index (χ4n) is 1.12. The van der Waals surface area contributed by atoms with Crippen molar-refractivity contribution in [2.24, 2.45) is 5.73 Å². The highest BCUT2D eigenvalue weighted by Crippen LogP contribution is 2.10. The molecule has 4 heteroatoms. The highest BCUT2D eigenvalue weighted by molar-refractivity contribution is 6.66. The maximum atomic E-state index is 5.69. The van der Waals surface area contributed by atoms with Gasteiger partial charge in [-0.15, -0.1) is 0 Å². The summed E-state index contributed by atoms with van der Waals surface area (Å²) >= 11 is 0. The van der Waals surface area contributed by atoms with Gasteiger partial charge in [0.1, 0.15) is 0 Å². The molecule has 74 valence electrons. The van der Waals surface area contributed by atoms with Gasteiger partial charge in [-0.3, -0.25) is 0 Å². The largest absolute Gasteiger partial charge is 0.391 e. The molecule has 0 fully saturated rings. The molecule has 0 aliphatic carbocycles. The van der Waals surface area contributed by atoms with E-state index in [0.717, 1.165) is 0 Å². The lowest BCUT2D eigenvalue weighted by atomic mass is 10.5. The Bertz CT molecular complexity index is 118. The molecule has 0 heterocycles. The molecular weight excluding hydrogens is 170 g/mol. The predicted molar refractivity (Wildman–Crippen MR) is 53.1 cm³/mol. The molecular formula is C8H21NO2Si. The van der Waals surface area contributed by atoms with Crippen LogP contribution in [-0.2, 0) is 8.85 Å². The molecule has 12 heavy (non-hydrogen) atoms. The Balaban J connectivity index is 4.04. The van der Waals surface area contributed by atoms with Crippen LogP contribution in [0.2, 0.25) is 6.55 Å². The number of rotatable bonds is 5. The Morgan fingerprint density at radius 1 is 1.08 bits per heavy atom. The van der Waals surface area contributed by atoms with Gasteiger partial charge in [0.2, 0.25) is 0 Å². The number of nitrogens with two attached hydrogens (primary N) is 1. The van der Waals surface area contributed by atoms with Crippen molar-refractivity contribution in [3.8, 4) is 0 Å². The molecule has 0 bridgehead atoms. The molecule has 0 rings (SSSR count). The predicted octanol–water partition coefficient (Wildman–Crippen LogP) is 1.41. The zero-order valence-corrected chi connectivity index (χ0v) is 9.76. The monoisotopic (exact) mass is 191 g/mol. The first-order valence-electron chi connectivity index (χ1n) is 4.45. The summed E-state index contributed by atoms with van der Waals surface area (Å²) in [4.78, 5) is 0. The first kappa shape index (κ1) is 12.1. The van der Waals surface area contributed by atoms with E-state index in [1.165, 1.54) is 0 Å². The second-order valence-electron chi connectivity index (χ2n) is 3.67. The second kappa shape index (κ2) is 4.96. The summed E-state index contributed by atoms with van der Waals surface area (Å²) in [7, 11) is -2.07. The standard InChI is InChI=1S/C8H21NO2Si/c1-7(2)10-12(5,6-9)11-8(3)4/h7-8H,6,9H2,1-5H3. The minimum Gasteiger partial charge on any atom is -0.391 e. The van der Waals surface area contributed by atoms with Gasteiger partial charge in [-0.25, -0.2) is 0 Å². The van der Waals surface area contributed by atoms with E-state index < -0.39 is 8.56 Å². The molecule has 0 radical (unpaired) electrons. The lowest BCUT2D eigenvalue weighted by Gasteiger charge is -2.29. The Morgan fingerprint density at radius 3 is 1.58 bits per heavy atom. The summed E-state index contributed by atoms with van der Waals surface area (Å²) in [6.45, 7) is 10.0. The van der Waals surface area contributed by atoms with Crippen molar-refractivity contribution < 1.29 is 8.85 Å². The quantitative estimate of drug-likeness (QED) is 0.668. The van der Waals surface area contributed by atoms with E-state index in [2.05, 4.69) is 0 Å². The van der Waals surface area contributed by atoms with E-state index in [4.69, 9.17) is 14.6 Å². The Kier molecular flexibility index (Phi) is 5.00. The SMILES string of the molecule is CC(C)O[Si](C)(CN)OC(C)C. The molecule has 0 unspecified atom stereocenters. The maximum Gasteiger partial charge on any atom is 0.349 e. The third-order valence-corrected chi connectivity index (χ3v) is 4.02. The summed E-state index contributed by atoms with van der Waals surface area (Å²) < 4.78 is 11.4. The molecule has 0 saturated carbocycles. The molecule has 0 atom stereocenters. The van der Waals surface area contributed by atoms with Crippen LogP contribution in [0.25, 0.3) is 0 Å². The molecule has 0 aromatic rings. The van der Waals surface area contributed by atoms with Gasteiger partial charge in [0.05, 0.1) is 0 Å². The van der Waals surface area contributed by atoms with Gasteiger partial charge in [0.15, 0.2) is 0 Å². The van der Waals surface area contributed by atoms with Crippen molar-refractivity contribution >= 4 is 8.56 Å².